The molecule has 3 heteroatoms. The number of benzene rings is 2. The summed E-state index contributed by atoms with van der Waals surface area (Å²) in [5.74, 6) is 6.50. The fraction of sp³-hybridized carbons (Fsp3) is 0.385. The lowest BCUT2D eigenvalue weighted by atomic mass is 9.84. The Hall–Kier alpha value is -2.88. The molecule has 0 saturated heterocycles. The second-order valence-corrected chi connectivity index (χ2v) is 8.29. The first kappa shape index (κ1) is 22.4. The van der Waals surface area contributed by atoms with Crippen molar-refractivity contribution in [1.82, 2.24) is 0 Å². The highest BCUT2D eigenvalue weighted by Gasteiger charge is 2.25. The summed E-state index contributed by atoms with van der Waals surface area (Å²) < 4.78 is 17.0. The minimum absolute atomic E-state index is 0.117. The zero-order chi connectivity index (χ0) is 21.3. The smallest absolute Gasteiger partial charge is 0.148 e. The maximum Gasteiger partial charge on any atom is 0.148 e. The second-order valence-electron chi connectivity index (χ2n) is 8.29. The molecule has 0 unspecified atom stereocenters. The molecular formula is C26H30O3. The Morgan fingerprint density at radius 2 is 1.00 bits per heavy atom. The van der Waals surface area contributed by atoms with Crippen LogP contribution in [-0.4, -0.2) is 26.4 Å². The Kier molecular flexibility index (Phi) is 7.77. The lowest BCUT2D eigenvalue weighted by Gasteiger charge is -2.30. The minimum atomic E-state index is -0.117. The normalized spacial score (nSPS) is 11.4. The Morgan fingerprint density at radius 3 is 1.31 bits per heavy atom. The minimum Gasteiger partial charge on any atom is -0.481 e. The molecule has 0 heterocycles. The summed E-state index contributed by atoms with van der Waals surface area (Å²) >= 11 is 0. The lowest BCUT2D eigenvalue weighted by Crippen LogP contribution is -2.30. The van der Waals surface area contributed by atoms with Crippen molar-refractivity contribution >= 4 is 0 Å². The Morgan fingerprint density at radius 1 is 0.655 bits per heavy atom. The topological polar surface area (TPSA) is 27.7 Å². The summed E-state index contributed by atoms with van der Waals surface area (Å²) in [5.41, 5.74) is 2.15. The first-order chi connectivity index (χ1) is 13.8. The van der Waals surface area contributed by atoms with Crippen LogP contribution in [0.25, 0.3) is 0 Å². The standard InChI is InChI=1S/C26H30O3/c1-7-17-28-23-13-9-21(10-14-23)25(3,4)19-27-20-26(5,6)22-11-15-24(16-12-22)29-18-8-2/h1-2,9-16H,17-20H2,3-6H3. The van der Waals surface area contributed by atoms with Crippen LogP contribution in [0.4, 0.5) is 0 Å². The molecule has 0 spiro atoms. The van der Waals surface area contributed by atoms with Gasteiger partial charge in [0.15, 0.2) is 0 Å². The van der Waals surface area contributed by atoms with Crippen LogP contribution in [0.15, 0.2) is 48.5 Å². The summed E-state index contributed by atoms with van der Waals surface area (Å²) in [6.07, 6.45) is 10.5. The molecule has 0 aromatic heterocycles. The summed E-state index contributed by atoms with van der Waals surface area (Å²) in [6.45, 7) is 10.5. The summed E-state index contributed by atoms with van der Waals surface area (Å²) in [6, 6.07) is 16.0. The number of ether oxygens (including phenoxy) is 3. The molecule has 0 aliphatic carbocycles. The van der Waals surface area contributed by atoms with E-state index in [0.29, 0.717) is 13.2 Å². The number of hydrogen-bond donors (Lipinski definition) is 0. The number of hydrogen-bond acceptors (Lipinski definition) is 3. The van der Waals surface area contributed by atoms with Crippen LogP contribution in [-0.2, 0) is 15.6 Å². The van der Waals surface area contributed by atoms with Gasteiger partial charge in [-0.3, -0.25) is 0 Å². The van der Waals surface area contributed by atoms with E-state index in [9.17, 15) is 0 Å². The molecule has 0 bridgehead atoms. The van der Waals surface area contributed by atoms with E-state index < -0.39 is 0 Å². The molecule has 3 nitrogen and oxygen atoms in total. The van der Waals surface area contributed by atoms with Crippen molar-refractivity contribution in [3.05, 3.63) is 59.7 Å². The van der Waals surface area contributed by atoms with Gasteiger partial charge in [0.05, 0.1) is 13.2 Å². The monoisotopic (exact) mass is 390 g/mol. The first-order valence-corrected chi connectivity index (χ1v) is 9.70. The van der Waals surface area contributed by atoms with Crippen molar-refractivity contribution in [3.8, 4) is 36.2 Å². The van der Waals surface area contributed by atoms with Crippen molar-refractivity contribution in [1.29, 1.82) is 0 Å². The highest BCUT2D eigenvalue weighted by Crippen LogP contribution is 2.29. The summed E-state index contributed by atoms with van der Waals surface area (Å²) in [7, 11) is 0. The highest BCUT2D eigenvalue weighted by atomic mass is 16.5. The molecule has 0 radical (unpaired) electrons. The fourth-order valence-corrected chi connectivity index (χ4v) is 2.98. The number of rotatable bonds is 10. The third-order valence-corrected chi connectivity index (χ3v) is 4.84. The third kappa shape index (κ3) is 6.60. The average molecular weight is 391 g/mol. The molecule has 0 fully saturated rings. The predicted octanol–water partition coefficient (Wildman–Crippen LogP) is 4.98. The van der Waals surface area contributed by atoms with Crippen LogP contribution in [0.1, 0.15) is 38.8 Å². The molecule has 2 aromatic carbocycles. The van der Waals surface area contributed by atoms with Gasteiger partial charge in [0.25, 0.3) is 0 Å². The first-order valence-electron chi connectivity index (χ1n) is 9.70. The molecule has 152 valence electrons. The van der Waals surface area contributed by atoms with E-state index >= 15 is 0 Å². The maximum absolute atomic E-state index is 6.15. The van der Waals surface area contributed by atoms with E-state index in [2.05, 4.69) is 63.8 Å². The van der Waals surface area contributed by atoms with E-state index in [-0.39, 0.29) is 24.0 Å². The van der Waals surface area contributed by atoms with Crippen molar-refractivity contribution in [3.63, 3.8) is 0 Å². The maximum atomic E-state index is 6.15. The van der Waals surface area contributed by atoms with Crippen molar-refractivity contribution in [2.45, 2.75) is 38.5 Å². The van der Waals surface area contributed by atoms with Gasteiger partial charge in [-0.1, -0.05) is 63.8 Å². The molecule has 2 rings (SSSR count). The molecule has 2 aromatic rings. The lowest BCUT2D eigenvalue weighted by molar-refractivity contribution is 0.0633. The van der Waals surface area contributed by atoms with Gasteiger partial charge in [-0.25, -0.2) is 0 Å². The Bertz CT molecular complexity index is 773. The van der Waals surface area contributed by atoms with Crippen LogP contribution >= 0.6 is 0 Å². The van der Waals surface area contributed by atoms with Gasteiger partial charge in [-0.2, -0.15) is 0 Å². The average Bonchev–Trinajstić information content (AvgIpc) is 2.71. The number of terminal acetylenes is 2. The van der Waals surface area contributed by atoms with Crippen molar-refractivity contribution < 1.29 is 14.2 Å². The van der Waals surface area contributed by atoms with Crippen molar-refractivity contribution in [2.75, 3.05) is 26.4 Å². The Balaban J connectivity index is 1.92. The fourth-order valence-electron chi connectivity index (χ4n) is 2.98. The van der Waals surface area contributed by atoms with Gasteiger partial charge in [-0.15, -0.1) is 12.8 Å². The van der Waals surface area contributed by atoms with E-state index in [0.717, 1.165) is 11.5 Å². The zero-order valence-electron chi connectivity index (χ0n) is 17.8. The summed E-state index contributed by atoms with van der Waals surface area (Å²) in [4.78, 5) is 0. The van der Waals surface area contributed by atoms with Crippen LogP contribution in [0.3, 0.4) is 0 Å². The molecule has 0 amide bonds. The molecule has 0 N–H and O–H groups in total. The Labute approximate surface area is 175 Å². The van der Waals surface area contributed by atoms with Crippen LogP contribution in [0, 0.1) is 24.7 Å². The van der Waals surface area contributed by atoms with Gasteiger partial charge in [-0.05, 0) is 35.4 Å². The van der Waals surface area contributed by atoms with E-state index in [1.54, 1.807) is 0 Å². The van der Waals surface area contributed by atoms with Gasteiger partial charge >= 0.3 is 0 Å². The summed E-state index contributed by atoms with van der Waals surface area (Å²) in [5, 5.41) is 0. The SMILES string of the molecule is C#CCOc1ccc(C(C)(C)COCC(C)(C)c2ccc(OCC#C)cc2)cc1. The molecule has 29 heavy (non-hydrogen) atoms. The van der Waals surface area contributed by atoms with Crippen LogP contribution in [0.5, 0.6) is 11.5 Å². The predicted molar refractivity (Wildman–Crippen MR) is 118 cm³/mol. The van der Waals surface area contributed by atoms with Crippen molar-refractivity contribution in [2.24, 2.45) is 0 Å². The molecule has 0 aliphatic heterocycles. The van der Waals surface area contributed by atoms with Gasteiger partial charge < -0.3 is 14.2 Å². The highest BCUT2D eigenvalue weighted by molar-refractivity contribution is 5.33. The van der Waals surface area contributed by atoms with Crippen LogP contribution in [0.2, 0.25) is 0 Å². The molecule has 0 saturated carbocycles. The van der Waals surface area contributed by atoms with Gasteiger partial charge in [0.2, 0.25) is 0 Å². The van der Waals surface area contributed by atoms with Gasteiger partial charge in [0.1, 0.15) is 24.7 Å². The molecule has 0 atom stereocenters. The zero-order valence-corrected chi connectivity index (χ0v) is 17.8. The van der Waals surface area contributed by atoms with E-state index in [1.165, 1.54) is 11.1 Å². The van der Waals surface area contributed by atoms with Crippen LogP contribution < -0.4 is 9.47 Å². The van der Waals surface area contributed by atoms with E-state index in [1.807, 2.05) is 24.3 Å². The molecular weight excluding hydrogens is 360 g/mol. The quantitative estimate of drug-likeness (QED) is 0.535. The largest absolute Gasteiger partial charge is 0.481 e. The second kappa shape index (κ2) is 10.1. The third-order valence-electron chi connectivity index (χ3n) is 4.84. The van der Waals surface area contributed by atoms with Gasteiger partial charge in [0, 0.05) is 10.8 Å². The van der Waals surface area contributed by atoms with E-state index in [4.69, 9.17) is 27.1 Å². The molecule has 0 aliphatic rings.